The van der Waals surface area contributed by atoms with Gasteiger partial charge in [-0.2, -0.15) is 0 Å². The molecule has 6 nitrogen and oxygen atoms in total. The molecule has 0 N–H and O–H groups in total. The van der Waals surface area contributed by atoms with Gasteiger partial charge in [0.2, 0.25) is 0 Å². The zero-order chi connectivity index (χ0) is 14.8. The summed E-state index contributed by atoms with van der Waals surface area (Å²) >= 11 is 0. The van der Waals surface area contributed by atoms with Gasteiger partial charge in [0.15, 0.2) is 5.65 Å². The Morgan fingerprint density at radius 2 is 2.10 bits per heavy atom. The van der Waals surface area contributed by atoms with Gasteiger partial charge in [-0.25, -0.2) is 9.78 Å². The van der Waals surface area contributed by atoms with Crippen LogP contribution in [0.4, 0.5) is 0 Å². The van der Waals surface area contributed by atoms with Crippen LogP contribution in [0.15, 0.2) is 24.5 Å². The van der Waals surface area contributed by atoms with Crippen molar-refractivity contribution < 1.29 is 9.53 Å². The second-order valence-electron chi connectivity index (χ2n) is 5.46. The van der Waals surface area contributed by atoms with Crippen molar-refractivity contribution in [3.05, 3.63) is 35.8 Å². The fourth-order valence-corrected chi connectivity index (χ4v) is 2.64. The number of nitrogens with zero attached hydrogens (tertiary/aromatic N) is 4. The third kappa shape index (κ3) is 2.91. The third-order valence-corrected chi connectivity index (χ3v) is 3.92. The van der Waals surface area contributed by atoms with Gasteiger partial charge in [0.05, 0.1) is 12.8 Å². The molecule has 0 radical (unpaired) electrons. The average molecular weight is 288 g/mol. The number of piperazine rings is 1. The van der Waals surface area contributed by atoms with Crippen LogP contribution < -0.4 is 0 Å². The number of imidazole rings is 1. The van der Waals surface area contributed by atoms with Gasteiger partial charge in [0.1, 0.15) is 5.56 Å². The van der Waals surface area contributed by atoms with Crippen molar-refractivity contribution in [2.75, 3.05) is 40.3 Å². The molecule has 3 heterocycles. The topological polar surface area (TPSA) is 50.1 Å². The summed E-state index contributed by atoms with van der Waals surface area (Å²) in [6, 6.07) is 3.58. The lowest BCUT2D eigenvalue weighted by Gasteiger charge is -2.31. The summed E-state index contributed by atoms with van der Waals surface area (Å²) in [7, 11) is 3.53. The molecule has 0 atom stereocenters. The van der Waals surface area contributed by atoms with Crippen LogP contribution in [0.3, 0.4) is 0 Å². The van der Waals surface area contributed by atoms with Crippen LogP contribution in [-0.2, 0) is 11.3 Å². The van der Waals surface area contributed by atoms with Crippen molar-refractivity contribution in [2.45, 2.75) is 6.54 Å². The van der Waals surface area contributed by atoms with E-state index >= 15 is 0 Å². The van der Waals surface area contributed by atoms with Gasteiger partial charge < -0.3 is 14.0 Å². The molecule has 21 heavy (non-hydrogen) atoms. The first-order chi connectivity index (χ1) is 10.2. The first kappa shape index (κ1) is 14.0. The minimum atomic E-state index is -0.350. The molecule has 112 valence electrons. The van der Waals surface area contributed by atoms with Crippen LogP contribution in [0.1, 0.15) is 16.1 Å². The number of likely N-dealkylation sites (N-methyl/N-ethyl adjacent to an activating group) is 1. The number of rotatable bonds is 3. The lowest BCUT2D eigenvalue weighted by molar-refractivity contribution is 0.0602. The Labute approximate surface area is 123 Å². The summed E-state index contributed by atoms with van der Waals surface area (Å²) in [6.45, 7) is 5.08. The van der Waals surface area contributed by atoms with Crippen molar-refractivity contribution in [1.29, 1.82) is 0 Å². The molecular formula is C15H20N4O2. The van der Waals surface area contributed by atoms with Crippen molar-refractivity contribution >= 4 is 11.6 Å². The molecule has 1 aliphatic heterocycles. The highest BCUT2D eigenvalue weighted by atomic mass is 16.5. The Balaban J connectivity index is 1.82. The number of aromatic nitrogens is 2. The summed E-state index contributed by atoms with van der Waals surface area (Å²) in [5.41, 5.74) is 2.15. The van der Waals surface area contributed by atoms with E-state index in [1.807, 2.05) is 22.9 Å². The number of hydrogen-bond acceptors (Lipinski definition) is 5. The molecule has 2 aromatic rings. The van der Waals surface area contributed by atoms with E-state index < -0.39 is 0 Å². The molecule has 0 bridgehead atoms. The van der Waals surface area contributed by atoms with Gasteiger partial charge in [-0.05, 0) is 19.2 Å². The van der Waals surface area contributed by atoms with Crippen molar-refractivity contribution in [2.24, 2.45) is 0 Å². The van der Waals surface area contributed by atoms with Crippen molar-refractivity contribution in [1.82, 2.24) is 19.2 Å². The predicted octanol–water partition coefficient (Wildman–Crippen LogP) is 0.868. The number of carbonyl (C=O) groups is 1. The second-order valence-corrected chi connectivity index (χ2v) is 5.46. The first-order valence-corrected chi connectivity index (χ1v) is 7.13. The summed E-state index contributed by atoms with van der Waals surface area (Å²) in [4.78, 5) is 21.1. The molecule has 0 spiro atoms. The SMILES string of the molecule is COC(=O)c1cccn2cc(CN3CCN(C)CC3)nc12. The molecule has 3 rings (SSSR count). The average Bonchev–Trinajstić information content (AvgIpc) is 2.91. The highest BCUT2D eigenvalue weighted by Gasteiger charge is 2.17. The Hall–Kier alpha value is -1.92. The molecule has 0 aliphatic carbocycles. The monoisotopic (exact) mass is 288 g/mol. The van der Waals surface area contributed by atoms with Crippen LogP contribution in [0.25, 0.3) is 5.65 Å². The van der Waals surface area contributed by atoms with E-state index in [0.717, 1.165) is 38.4 Å². The van der Waals surface area contributed by atoms with Gasteiger partial charge >= 0.3 is 5.97 Å². The zero-order valence-electron chi connectivity index (χ0n) is 12.5. The fraction of sp³-hybridized carbons (Fsp3) is 0.467. The van der Waals surface area contributed by atoms with Crippen molar-refractivity contribution in [3.8, 4) is 0 Å². The molecule has 0 saturated carbocycles. The van der Waals surface area contributed by atoms with Gasteiger partial charge in [-0.15, -0.1) is 0 Å². The number of hydrogen-bond donors (Lipinski definition) is 0. The summed E-state index contributed by atoms with van der Waals surface area (Å²) in [6.07, 6.45) is 3.89. The minimum Gasteiger partial charge on any atom is -0.465 e. The van der Waals surface area contributed by atoms with E-state index in [1.165, 1.54) is 7.11 Å². The Morgan fingerprint density at radius 3 is 2.81 bits per heavy atom. The molecule has 2 aromatic heterocycles. The summed E-state index contributed by atoms with van der Waals surface area (Å²) in [5.74, 6) is -0.350. The lowest BCUT2D eigenvalue weighted by atomic mass is 10.3. The number of pyridine rings is 1. The molecule has 1 fully saturated rings. The third-order valence-electron chi connectivity index (χ3n) is 3.92. The summed E-state index contributed by atoms with van der Waals surface area (Å²) < 4.78 is 6.69. The molecule has 6 heteroatoms. The van der Waals surface area contributed by atoms with Gasteiger partial charge in [-0.1, -0.05) is 0 Å². The minimum absolute atomic E-state index is 0.350. The number of esters is 1. The highest BCUT2D eigenvalue weighted by molar-refractivity contribution is 5.95. The summed E-state index contributed by atoms with van der Waals surface area (Å²) in [5, 5.41) is 0. The smallest absolute Gasteiger partial charge is 0.341 e. The number of carbonyl (C=O) groups excluding carboxylic acids is 1. The molecule has 1 aliphatic rings. The van der Waals surface area contributed by atoms with Gasteiger partial charge in [0, 0.05) is 45.1 Å². The largest absolute Gasteiger partial charge is 0.465 e. The van der Waals surface area contributed by atoms with Gasteiger partial charge in [0.25, 0.3) is 0 Å². The maximum Gasteiger partial charge on any atom is 0.341 e. The van der Waals surface area contributed by atoms with E-state index in [2.05, 4.69) is 21.8 Å². The maximum absolute atomic E-state index is 11.8. The number of fused-ring (bicyclic) bond motifs is 1. The second kappa shape index (κ2) is 5.83. The number of ether oxygens (including phenoxy) is 1. The van der Waals surface area contributed by atoms with E-state index in [9.17, 15) is 4.79 Å². The molecule has 1 saturated heterocycles. The van der Waals surface area contributed by atoms with Gasteiger partial charge in [-0.3, -0.25) is 4.90 Å². The fourth-order valence-electron chi connectivity index (χ4n) is 2.64. The maximum atomic E-state index is 11.8. The van der Waals surface area contributed by atoms with Crippen LogP contribution in [0.5, 0.6) is 0 Å². The normalized spacial score (nSPS) is 17.2. The van der Waals surface area contributed by atoms with E-state index in [4.69, 9.17) is 4.74 Å². The molecular weight excluding hydrogens is 268 g/mol. The van der Waals surface area contributed by atoms with E-state index in [-0.39, 0.29) is 5.97 Å². The molecule has 0 unspecified atom stereocenters. The molecule has 0 amide bonds. The first-order valence-electron chi connectivity index (χ1n) is 7.13. The predicted molar refractivity (Wildman–Crippen MR) is 79.3 cm³/mol. The number of methoxy groups -OCH3 is 1. The van der Waals surface area contributed by atoms with E-state index in [0.29, 0.717) is 11.2 Å². The van der Waals surface area contributed by atoms with E-state index in [1.54, 1.807) is 6.07 Å². The standard InChI is InChI=1S/C15H20N4O2/c1-17-6-8-18(9-7-17)10-12-11-19-5-3-4-13(14(19)16-12)15(20)21-2/h3-5,11H,6-10H2,1-2H3. The Kier molecular flexibility index (Phi) is 3.90. The van der Waals surface area contributed by atoms with Crippen molar-refractivity contribution in [3.63, 3.8) is 0 Å². The van der Waals surface area contributed by atoms with Crippen LogP contribution in [0.2, 0.25) is 0 Å². The zero-order valence-corrected chi connectivity index (χ0v) is 12.5. The van der Waals surface area contributed by atoms with Crippen LogP contribution in [0, 0.1) is 0 Å². The van der Waals surface area contributed by atoms with Crippen LogP contribution in [-0.4, -0.2) is 65.5 Å². The quantitative estimate of drug-likeness (QED) is 0.784. The Bertz CT molecular complexity index is 644. The Morgan fingerprint density at radius 1 is 1.33 bits per heavy atom. The molecule has 0 aromatic carbocycles. The van der Waals surface area contributed by atoms with Crippen LogP contribution >= 0.6 is 0 Å². The highest BCUT2D eigenvalue weighted by Crippen LogP contribution is 2.14. The lowest BCUT2D eigenvalue weighted by Crippen LogP contribution is -2.43.